The molecule has 0 bridgehead atoms. The van der Waals surface area contributed by atoms with Gasteiger partial charge in [0.1, 0.15) is 0 Å². The van der Waals surface area contributed by atoms with Gasteiger partial charge in [-0.2, -0.15) is 4.98 Å². The summed E-state index contributed by atoms with van der Waals surface area (Å²) in [6, 6.07) is 0. The maximum Gasteiger partial charge on any atom is 0.231 e. The van der Waals surface area contributed by atoms with Crippen molar-refractivity contribution < 1.29 is 18.8 Å². The predicted octanol–water partition coefficient (Wildman–Crippen LogP) is 1.39. The van der Waals surface area contributed by atoms with Gasteiger partial charge >= 0.3 is 0 Å². The van der Waals surface area contributed by atoms with E-state index < -0.39 is 0 Å². The van der Waals surface area contributed by atoms with Crippen LogP contribution in [0.15, 0.2) is 4.52 Å². The van der Waals surface area contributed by atoms with E-state index >= 15 is 0 Å². The number of carbonyl (C=O) groups excluding carboxylic acids is 1. The fourth-order valence-corrected chi connectivity index (χ4v) is 2.77. The lowest BCUT2D eigenvalue weighted by molar-refractivity contribution is -0.131. The Morgan fingerprint density at radius 1 is 1.35 bits per heavy atom. The van der Waals surface area contributed by atoms with Crippen molar-refractivity contribution in [3.63, 3.8) is 0 Å². The molecule has 0 spiro atoms. The number of amides is 1. The second-order valence-electron chi connectivity index (χ2n) is 6.39. The van der Waals surface area contributed by atoms with E-state index in [2.05, 4.69) is 10.1 Å². The molecular weight excluding hydrogens is 298 g/mol. The van der Waals surface area contributed by atoms with Gasteiger partial charge in [0.2, 0.25) is 11.8 Å². The van der Waals surface area contributed by atoms with E-state index in [4.69, 9.17) is 14.0 Å². The molecule has 1 amide bonds. The maximum absolute atomic E-state index is 12.0. The lowest BCUT2D eigenvalue weighted by Crippen LogP contribution is -2.29. The third-order valence-electron chi connectivity index (χ3n) is 4.41. The Morgan fingerprint density at radius 3 is 3.00 bits per heavy atom. The van der Waals surface area contributed by atoms with Crippen molar-refractivity contribution in [1.82, 2.24) is 15.0 Å². The molecule has 2 fully saturated rings. The Morgan fingerprint density at radius 2 is 2.22 bits per heavy atom. The monoisotopic (exact) mass is 323 g/mol. The molecule has 0 radical (unpaired) electrons. The number of ether oxygens (including phenoxy) is 2. The van der Waals surface area contributed by atoms with Gasteiger partial charge in [0.25, 0.3) is 0 Å². The van der Waals surface area contributed by atoms with Crippen LogP contribution in [-0.4, -0.2) is 61.0 Å². The summed E-state index contributed by atoms with van der Waals surface area (Å²) in [5, 5.41) is 4.02. The first kappa shape index (κ1) is 16.4. The lowest BCUT2D eigenvalue weighted by Gasteiger charge is -2.15. The molecule has 1 atom stereocenters. The van der Waals surface area contributed by atoms with Gasteiger partial charge in [-0.15, -0.1) is 0 Å². The number of nitrogens with zero attached hydrogens (tertiary/aromatic N) is 3. The van der Waals surface area contributed by atoms with Gasteiger partial charge in [-0.05, 0) is 25.2 Å². The van der Waals surface area contributed by atoms with Crippen LogP contribution in [0.25, 0.3) is 0 Å². The number of hydrogen-bond donors (Lipinski definition) is 0. The van der Waals surface area contributed by atoms with Gasteiger partial charge in [-0.25, -0.2) is 0 Å². The Bertz CT molecular complexity index is 515. The van der Waals surface area contributed by atoms with Crippen LogP contribution in [0.5, 0.6) is 0 Å². The van der Waals surface area contributed by atoms with Crippen LogP contribution in [0.4, 0.5) is 0 Å². The molecule has 2 aliphatic rings. The second kappa shape index (κ2) is 7.88. The summed E-state index contributed by atoms with van der Waals surface area (Å²) in [7, 11) is 1.61. The van der Waals surface area contributed by atoms with Crippen molar-refractivity contribution in [2.75, 3.05) is 40.0 Å². The molecule has 0 aromatic carbocycles. The number of carbonyl (C=O) groups is 1. The van der Waals surface area contributed by atoms with Crippen molar-refractivity contribution in [3.05, 3.63) is 11.7 Å². The quantitative estimate of drug-likeness (QED) is 0.639. The number of rotatable bonds is 9. The van der Waals surface area contributed by atoms with Crippen LogP contribution < -0.4 is 0 Å². The highest BCUT2D eigenvalue weighted by Gasteiger charge is 2.30. The van der Waals surface area contributed by atoms with Crippen LogP contribution in [-0.2, 0) is 20.7 Å². The third-order valence-corrected chi connectivity index (χ3v) is 4.41. The van der Waals surface area contributed by atoms with Crippen LogP contribution in [0.3, 0.4) is 0 Å². The Balaban J connectivity index is 1.41. The Labute approximate surface area is 136 Å². The molecule has 3 rings (SSSR count). The van der Waals surface area contributed by atoms with Crippen molar-refractivity contribution in [2.45, 2.75) is 38.0 Å². The van der Waals surface area contributed by atoms with Gasteiger partial charge in [-0.1, -0.05) is 5.16 Å². The van der Waals surface area contributed by atoms with E-state index in [-0.39, 0.29) is 11.8 Å². The normalized spacial score (nSPS) is 21.1. The van der Waals surface area contributed by atoms with E-state index in [0.29, 0.717) is 44.3 Å². The lowest BCUT2D eigenvalue weighted by atomic mass is 10.1. The second-order valence-corrected chi connectivity index (χ2v) is 6.39. The van der Waals surface area contributed by atoms with E-state index in [0.717, 1.165) is 25.5 Å². The summed E-state index contributed by atoms with van der Waals surface area (Å²) in [5.41, 5.74) is 0. The number of methoxy groups -OCH3 is 1. The van der Waals surface area contributed by atoms with Crippen molar-refractivity contribution in [3.8, 4) is 0 Å². The van der Waals surface area contributed by atoms with Crippen LogP contribution in [0, 0.1) is 5.92 Å². The van der Waals surface area contributed by atoms with Gasteiger partial charge in [0.15, 0.2) is 5.82 Å². The highest BCUT2D eigenvalue weighted by atomic mass is 16.5. The zero-order chi connectivity index (χ0) is 16.1. The maximum atomic E-state index is 12.0. The van der Waals surface area contributed by atoms with Crippen molar-refractivity contribution >= 4 is 5.91 Å². The molecule has 1 unspecified atom stereocenters. The largest absolute Gasteiger partial charge is 0.384 e. The van der Waals surface area contributed by atoms with Gasteiger partial charge in [0.05, 0.1) is 25.6 Å². The van der Waals surface area contributed by atoms with Crippen LogP contribution >= 0.6 is 0 Å². The third kappa shape index (κ3) is 4.75. The summed E-state index contributed by atoms with van der Waals surface area (Å²) < 4.78 is 15.9. The molecule has 2 heterocycles. The molecule has 1 saturated heterocycles. The Kier molecular flexibility index (Phi) is 5.61. The van der Waals surface area contributed by atoms with Gasteiger partial charge in [0, 0.05) is 33.2 Å². The average molecular weight is 323 g/mol. The van der Waals surface area contributed by atoms with Crippen LogP contribution in [0.2, 0.25) is 0 Å². The standard InChI is InChI=1S/C16H25N3O4/c1-21-8-6-15(20)19-7-4-13(10-19)16-17-14(18-23-16)5-9-22-11-12-2-3-12/h12-13H,2-11H2,1H3. The zero-order valence-electron chi connectivity index (χ0n) is 13.7. The molecular formula is C16H25N3O4. The van der Waals surface area contributed by atoms with Crippen molar-refractivity contribution in [1.29, 1.82) is 0 Å². The molecule has 1 aromatic rings. The number of likely N-dealkylation sites (tertiary alicyclic amines) is 1. The molecule has 0 N–H and O–H groups in total. The molecule has 1 saturated carbocycles. The SMILES string of the molecule is COCCC(=O)N1CCC(c2nc(CCOCC3CC3)no2)C1. The average Bonchev–Trinajstić information content (AvgIpc) is 3.06. The zero-order valence-corrected chi connectivity index (χ0v) is 13.7. The Hall–Kier alpha value is -1.47. The molecule has 128 valence electrons. The summed E-state index contributed by atoms with van der Waals surface area (Å²) in [6.45, 7) is 3.36. The van der Waals surface area contributed by atoms with E-state index in [1.165, 1.54) is 12.8 Å². The summed E-state index contributed by atoms with van der Waals surface area (Å²) >= 11 is 0. The summed E-state index contributed by atoms with van der Waals surface area (Å²) in [5.74, 6) is 2.39. The summed E-state index contributed by atoms with van der Waals surface area (Å²) in [4.78, 5) is 18.3. The van der Waals surface area contributed by atoms with Crippen LogP contribution in [0.1, 0.15) is 43.3 Å². The highest BCUT2D eigenvalue weighted by molar-refractivity contribution is 5.76. The van der Waals surface area contributed by atoms with E-state index in [9.17, 15) is 4.79 Å². The molecule has 1 aliphatic carbocycles. The predicted molar refractivity (Wildman–Crippen MR) is 82.0 cm³/mol. The smallest absolute Gasteiger partial charge is 0.231 e. The first-order chi connectivity index (χ1) is 11.3. The fraction of sp³-hybridized carbons (Fsp3) is 0.812. The van der Waals surface area contributed by atoms with Gasteiger partial charge in [-0.3, -0.25) is 4.79 Å². The van der Waals surface area contributed by atoms with E-state index in [1.807, 2.05) is 4.90 Å². The topological polar surface area (TPSA) is 77.7 Å². The molecule has 23 heavy (non-hydrogen) atoms. The highest BCUT2D eigenvalue weighted by Crippen LogP contribution is 2.29. The first-order valence-corrected chi connectivity index (χ1v) is 8.43. The van der Waals surface area contributed by atoms with E-state index in [1.54, 1.807) is 7.11 Å². The molecule has 7 nitrogen and oxygen atoms in total. The molecule has 1 aliphatic heterocycles. The van der Waals surface area contributed by atoms with Crippen molar-refractivity contribution in [2.24, 2.45) is 5.92 Å². The van der Waals surface area contributed by atoms with Gasteiger partial charge < -0.3 is 18.9 Å². The minimum atomic E-state index is 0.127. The number of aromatic nitrogens is 2. The minimum Gasteiger partial charge on any atom is -0.384 e. The fourth-order valence-electron chi connectivity index (χ4n) is 2.77. The first-order valence-electron chi connectivity index (χ1n) is 8.43. The molecule has 1 aromatic heterocycles. The minimum absolute atomic E-state index is 0.127. The number of hydrogen-bond acceptors (Lipinski definition) is 6. The molecule has 7 heteroatoms. The summed E-state index contributed by atoms with van der Waals surface area (Å²) in [6.07, 6.45) is 4.58.